The molecular formula is C21H44. The molecule has 0 aliphatic heterocycles. The first kappa shape index (κ1) is 21.0. The van der Waals surface area contributed by atoms with Gasteiger partial charge >= 0.3 is 0 Å². The third kappa shape index (κ3) is 12.2. The summed E-state index contributed by atoms with van der Waals surface area (Å²) < 4.78 is 0. The molecule has 3 atom stereocenters. The summed E-state index contributed by atoms with van der Waals surface area (Å²) in [5.74, 6) is 3.61. The summed E-state index contributed by atoms with van der Waals surface area (Å²) in [6.07, 6.45) is 15.8. The highest BCUT2D eigenvalue weighted by molar-refractivity contribution is 4.64. The average molecular weight is 297 g/mol. The molecule has 0 aliphatic rings. The van der Waals surface area contributed by atoms with Crippen LogP contribution in [0.15, 0.2) is 0 Å². The van der Waals surface area contributed by atoms with Crippen LogP contribution in [0.25, 0.3) is 0 Å². The van der Waals surface area contributed by atoms with Gasteiger partial charge in [0.2, 0.25) is 0 Å². The predicted octanol–water partition coefficient (Wildman–Crippen LogP) is 7.86. The molecule has 0 N–H and O–H groups in total. The first-order chi connectivity index (χ1) is 9.99. The minimum atomic E-state index is 0.856. The van der Waals surface area contributed by atoms with Crippen LogP contribution in [0.2, 0.25) is 0 Å². The summed E-state index contributed by atoms with van der Waals surface area (Å²) in [4.78, 5) is 0. The highest BCUT2D eigenvalue weighted by Gasteiger charge is 2.12. The van der Waals surface area contributed by atoms with Gasteiger partial charge in [0.1, 0.15) is 0 Å². The molecular weight excluding hydrogens is 252 g/mol. The normalized spacial score (nSPS) is 16.1. The van der Waals surface area contributed by atoms with Crippen LogP contribution in [0.4, 0.5) is 0 Å². The highest BCUT2D eigenvalue weighted by atomic mass is 14.2. The molecule has 0 heteroatoms. The van der Waals surface area contributed by atoms with Gasteiger partial charge in [-0.15, -0.1) is 0 Å². The summed E-state index contributed by atoms with van der Waals surface area (Å²) in [6, 6.07) is 0. The molecule has 0 nitrogen and oxygen atoms in total. The minimum Gasteiger partial charge on any atom is -0.0654 e. The molecule has 0 rings (SSSR count). The van der Waals surface area contributed by atoms with E-state index in [0.717, 1.165) is 23.7 Å². The molecule has 128 valence electrons. The standard InChI is InChI=1S/C21H44/c1-7-8-9-10-11-12-16-20(5)21(6)17-14-13-15-19(4)18(2)3/h18-21H,7-17H2,1-6H3. The number of hydrogen-bond acceptors (Lipinski definition) is 0. The minimum absolute atomic E-state index is 0.856. The van der Waals surface area contributed by atoms with E-state index in [1.165, 1.54) is 70.6 Å². The van der Waals surface area contributed by atoms with Crippen molar-refractivity contribution in [3.8, 4) is 0 Å². The van der Waals surface area contributed by atoms with Crippen molar-refractivity contribution in [2.24, 2.45) is 23.7 Å². The third-order valence-corrected chi connectivity index (χ3v) is 5.69. The molecule has 0 fully saturated rings. The lowest BCUT2D eigenvalue weighted by atomic mass is 9.85. The van der Waals surface area contributed by atoms with Crippen molar-refractivity contribution in [1.82, 2.24) is 0 Å². The molecule has 0 aromatic rings. The third-order valence-electron chi connectivity index (χ3n) is 5.69. The Kier molecular flexibility index (Phi) is 13.6. The van der Waals surface area contributed by atoms with Gasteiger partial charge < -0.3 is 0 Å². The summed E-state index contributed by atoms with van der Waals surface area (Å²) in [5.41, 5.74) is 0. The van der Waals surface area contributed by atoms with Crippen LogP contribution in [0.5, 0.6) is 0 Å². The molecule has 3 unspecified atom stereocenters. The summed E-state index contributed by atoms with van der Waals surface area (Å²) >= 11 is 0. The van der Waals surface area contributed by atoms with E-state index in [1.807, 2.05) is 0 Å². The molecule has 0 heterocycles. The van der Waals surface area contributed by atoms with Crippen molar-refractivity contribution in [2.75, 3.05) is 0 Å². The van der Waals surface area contributed by atoms with E-state index in [4.69, 9.17) is 0 Å². The smallest absolute Gasteiger partial charge is 0.0417 e. The van der Waals surface area contributed by atoms with Crippen LogP contribution >= 0.6 is 0 Å². The van der Waals surface area contributed by atoms with E-state index in [0.29, 0.717) is 0 Å². The fourth-order valence-corrected chi connectivity index (χ4v) is 3.08. The Morgan fingerprint density at radius 2 is 0.857 bits per heavy atom. The monoisotopic (exact) mass is 296 g/mol. The Morgan fingerprint density at radius 3 is 1.33 bits per heavy atom. The summed E-state index contributed by atoms with van der Waals surface area (Å²) in [5, 5.41) is 0. The molecule has 0 spiro atoms. The van der Waals surface area contributed by atoms with Gasteiger partial charge in [0.15, 0.2) is 0 Å². The van der Waals surface area contributed by atoms with Crippen LogP contribution in [-0.4, -0.2) is 0 Å². The maximum atomic E-state index is 2.48. The molecule has 0 saturated heterocycles. The van der Waals surface area contributed by atoms with Gasteiger partial charge in [0.25, 0.3) is 0 Å². The Bertz CT molecular complexity index is 206. The topological polar surface area (TPSA) is 0 Å². The molecule has 0 saturated carbocycles. The van der Waals surface area contributed by atoms with Gasteiger partial charge in [-0.3, -0.25) is 0 Å². The lowest BCUT2D eigenvalue weighted by Crippen LogP contribution is -2.09. The molecule has 0 bridgehead atoms. The average Bonchev–Trinajstić information content (AvgIpc) is 2.46. The molecule has 0 aliphatic carbocycles. The molecule has 0 radical (unpaired) electrons. The second-order valence-corrected chi connectivity index (χ2v) is 8.02. The maximum Gasteiger partial charge on any atom is -0.0417 e. The lowest BCUT2D eigenvalue weighted by molar-refractivity contribution is 0.311. The van der Waals surface area contributed by atoms with E-state index >= 15 is 0 Å². The van der Waals surface area contributed by atoms with Gasteiger partial charge in [-0.05, 0) is 23.7 Å². The van der Waals surface area contributed by atoms with Crippen molar-refractivity contribution in [2.45, 2.75) is 112 Å². The van der Waals surface area contributed by atoms with Crippen LogP contribution < -0.4 is 0 Å². The van der Waals surface area contributed by atoms with E-state index in [1.54, 1.807) is 0 Å². The molecule has 0 aromatic carbocycles. The van der Waals surface area contributed by atoms with Crippen LogP contribution in [0, 0.1) is 23.7 Å². The van der Waals surface area contributed by atoms with Gasteiger partial charge in [-0.25, -0.2) is 0 Å². The lowest BCUT2D eigenvalue weighted by Gasteiger charge is -2.21. The first-order valence-electron chi connectivity index (χ1n) is 9.99. The zero-order valence-electron chi connectivity index (χ0n) is 16.1. The molecule has 0 aromatic heterocycles. The van der Waals surface area contributed by atoms with Gasteiger partial charge in [0.05, 0.1) is 0 Å². The van der Waals surface area contributed by atoms with Crippen molar-refractivity contribution in [3.63, 3.8) is 0 Å². The zero-order chi connectivity index (χ0) is 16.1. The largest absolute Gasteiger partial charge is 0.0654 e. The fourth-order valence-electron chi connectivity index (χ4n) is 3.08. The fraction of sp³-hybridized carbons (Fsp3) is 1.00. The van der Waals surface area contributed by atoms with Crippen molar-refractivity contribution < 1.29 is 0 Å². The second-order valence-electron chi connectivity index (χ2n) is 8.02. The van der Waals surface area contributed by atoms with Gasteiger partial charge in [0, 0.05) is 0 Å². The van der Waals surface area contributed by atoms with E-state index in [-0.39, 0.29) is 0 Å². The van der Waals surface area contributed by atoms with Crippen molar-refractivity contribution in [1.29, 1.82) is 0 Å². The SMILES string of the molecule is CCCCCCCCC(C)C(C)CCCCC(C)C(C)C. The number of unbranched alkanes of at least 4 members (excludes halogenated alkanes) is 6. The first-order valence-corrected chi connectivity index (χ1v) is 9.99. The summed E-state index contributed by atoms with van der Waals surface area (Å²) in [7, 11) is 0. The van der Waals surface area contributed by atoms with E-state index in [2.05, 4.69) is 41.5 Å². The van der Waals surface area contributed by atoms with Crippen LogP contribution in [0.3, 0.4) is 0 Å². The number of hydrogen-bond donors (Lipinski definition) is 0. The van der Waals surface area contributed by atoms with Crippen molar-refractivity contribution >= 4 is 0 Å². The van der Waals surface area contributed by atoms with E-state index < -0.39 is 0 Å². The molecule has 0 amide bonds. The van der Waals surface area contributed by atoms with Crippen molar-refractivity contribution in [3.05, 3.63) is 0 Å². The summed E-state index contributed by atoms with van der Waals surface area (Å²) in [6.45, 7) is 14.4. The number of rotatable bonds is 14. The van der Waals surface area contributed by atoms with Crippen LogP contribution in [0.1, 0.15) is 112 Å². The quantitative estimate of drug-likeness (QED) is 0.286. The predicted molar refractivity (Wildman–Crippen MR) is 98.8 cm³/mol. The van der Waals surface area contributed by atoms with E-state index in [9.17, 15) is 0 Å². The Balaban J connectivity index is 3.50. The second kappa shape index (κ2) is 13.6. The van der Waals surface area contributed by atoms with Gasteiger partial charge in [-0.1, -0.05) is 112 Å². The molecule has 21 heavy (non-hydrogen) atoms. The Labute approximate surface area is 136 Å². The Hall–Kier alpha value is 0. The highest BCUT2D eigenvalue weighted by Crippen LogP contribution is 2.25. The van der Waals surface area contributed by atoms with Crippen LogP contribution in [-0.2, 0) is 0 Å². The maximum absolute atomic E-state index is 2.48. The van der Waals surface area contributed by atoms with Gasteiger partial charge in [-0.2, -0.15) is 0 Å². The Morgan fingerprint density at radius 1 is 0.476 bits per heavy atom. The zero-order valence-corrected chi connectivity index (χ0v) is 16.1.